The molecule has 112 valence electrons. The first-order valence-electron chi connectivity index (χ1n) is 7.94. The van der Waals surface area contributed by atoms with E-state index in [-0.39, 0.29) is 0 Å². The quantitative estimate of drug-likeness (QED) is 0.891. The summed E-state index contributed by atoms with van der Waals surface area (Å²) in [7, 11) is 2.21. The van der Waals surface area contributed by atoms with Crippen LogP contribution in [0.25, 0.3) is 0 Å². The lowest BCUT2D eigenvalue weighted by atomic mass is 10.0. The molecule has 1 aliphatic rings. The Hall–Kier alpha value is -1.06. The van der Waals surface area contributed by atoms with Crippen molar-refractivity contribution < 1.29 is 0 Å². The van der Waals surface area contributed by atoms with E-state index in [0.29, 0.717) is 12.1 Å². The average molecular weight is 275 g/mol. The first-order valence-corrected chi connectivity index (χ1v) is 7.94. The van der Waals surface area contributed by atoms with Crippen molar-refractivity contribution in [3.63, 3.8) is 0 Å². The Balaban J connectivity index is 2.07. The van der Waals surface area contributed by atoms with Gasteiger partial charge in [-0.25, -0.2) is 0 Å². The van der Waals surface area contributed by atoms with E-state index >= 15 is 0 Å². The second kappa shape index (κ2) is 7.09. The number of nitrogens with one attached hydrogen (secondary N) is 1. The van der Waals surface area contributed by atoms with Gasteiger partial charge in [0.25, 0.3) is 0 Å². The smallest absolute Gasteiger partial charge is 0.0389 e. The summed E-state index contributed by atoms with van der Waals surface area (Å²) in [6.07, 6.45) is 1.14. The highest BCUT2D eigenvalue weighted by atomic mass is 15.3. The molecule has 1 heterocycles. The molecule has 1 saturated heterocycles. The molecule has 0 amide bonds. The van der Waals surface area contributed by atoms with Crippen molar-refractivity contribution in [1.82, 2.24) is 10.2 Å². The first-order chi connectivity index (χ1) is 9.65. The van der Waals surface area contributed by atoms with Gasteiger partial charge >= 0.3 is 0 Å². The number of likely N-dealkylation sites (N-methyl/N-ethyl adjacent to an activating group) is 1. The number of hydrogen-bond acceptors (Lipinski definition) is 3. The zero-order valence-corrected chi connectivity index (χ0v) is 13.4. The Labute approximate surface area is 124 Å². The summed E-state index contributed by atoms with van der Waals surface area (Å²) in [5.74, 6) is 0. The molecule has 1 N–H and O–H groups in total. The van der Waals surface area contributed by atoms with Crippen molar-refractivity contribution in [2.75, 3.05) is 38.1 Å². The third-order valence-electron chi connectivity index (χ3n) is 4.32. The van der Waals surface area contributed by atoms with E-state index in [0.717, 1.165) is 32.6 Å². The minimum Gasteiger partial charge on any atom is -0.366 e. The number of anilines is 1. The van der Waals surface area contributed by atoms with Crippen LogP contribution in [0.2, 0.25) is 0 Å². The molecule has 0 radical (unpaired) electrons. The molecule has 3 nitrogen and oxygen atoms in total. The number of nitrogens with zero attached hydrogens (tertiary/aromatic N) is 2. The van der Waals surface area contributed by atoms with Crippen molar-refractivity contribution in [2.24, 2.45) is 0 Å². The van der Waals surface area contributed by atoms with Crippen molar-refractivity contribution in [3.05, 3.63) is 29.8 Å². The van der Waals surface area contributed by atoms with E-state index in [4.69, 9.17) is 0 Å². The summed E-state index contributed by atoms with van der Waals surface area (Å²) in [6.45, 7) is 11.2. The monoisotopic (exact) mass is 275 g/mol. The van der Waals surface area contributed by atoms with Gasteiger partial charge in [-0.05, 0) is 44.6 Å². The Morgan fingerprint density at radius 1 is 1.20 bits per heavy atom. The predicted molar refractivity (Wildman–Crippen MR) is 87.5 cm³/mol. The zero-order chi connectivity index (χ0) is 14.5. The van der Waals surface area contributed by atoms with Gasteiger partial charge < -0.3 is 15.1 Å². The molecule has 2 rings (SSSR count). The van der Waals surface area contributed by atoms with Crippen LogP contribution in [0, 0.1) is 0 Å². The summed E-state index contributed by atoms with van der Waals surface area (Å²) in [5, 5.41) is 3.54. The third-order valence-corrected chi connectivity index (χ3v) is 4.32. The number of hydrogen-bond donors (Lipinski definition) is 1. The number of piperazine rings is 1. The summed E-state index contributed by atoms with van der Waals surface area (Å²) in [6, 6.07) is 10.2. The lowest BCUT2D eigenvalue weighted by Gasteiger charge is -2.40. The van der Waals surface area contributed by atoms with Gasteiger partial charge in [-0.15, -0.1) is 0 Å². The van der Waals surface area contributed by atoms with Crippen LogP contribution in [0.5, 0.6) is 0 Å². The molecule has 2 atom stereocenters. The fourth-order valence-electron chi connectivity index (χ4n) is 3.17. The van der Waals surface area contributed by atoms with Gasteiger partial charge in [0.1, 0.15) is 0 Å². The van der Waals surface area contributed by atoms with Crippen molar-refractivity contribution >= 4 is 5.69 Å². The number of rotatable bonds is 5. The van der Waals surface area contributed by atoms with E-state index < -0.39 is 0 Å². The summed E-state index contributed by atoms with van der Waals surface area (Å²) in [5.41, 5.74) is 2.76. The maximum absolute atomic E-state index is 3.54. The van der Waals surface area contributed by atoms with Gasteiger partial charge in [-0.3, -0.25) is 0 Å². The first kappa shape index (κ1) is 15.3. The van der Waals surface area contributed by atoms with Gasteiger partial charge in [-0.2, -0.15) is 0 Å². The summed E-state index contributed by atoms with van der Waals surface area (Å²) in [4.78, 5) is 4.94. The molecule has 0 spiro atoms. The van der Waals surface area contributed by atoms with Crippen LogP contribution in [0.15, 0.2) is 24.3 Å². The lowest BCUT2D eigenvalue weighted by molar-refractivity contribution is 0.275. The Bertz CT molecular complexity index is 401. The van der Waals surface area contributed by atoms with Gasteiger partial charge in [0.15, 0.2) is 0 Å². The van der Waals surface area contributed by atoms with Crippen molar-refractivity contribution in [1.29, 1.82) is 0 Å². The van der Waals surface area contributed by atoms with Crippen LogP contribution >= 0.6 is 0 Å². The number of benzene rings is 1. The van der Waals surface area contributed by atoms with Crippen molar-refractivity contribution in [2.45, 2.75) is 39.3 Å². The fourth-order valence-corrected chi connectivity index (χ4v) is 3.17. The van der Waals surface area contributed by atoms with Gasteiger partial charge in [-0.1, -0.05) is 26.0 Å². The van der Waals surface area contributed by atoms with Crippen LogP contribution in [0.3, 0.4) is 0 Å². The predicted octanol–water partition coefficient (Wildman–Crippen LogP) is 2.89. The molecule has 0 aromatic heterocycles. The van der Waals surface area contributed by atoms with Crippen molar-refractivity contribution in [3.8, 4) is 0 Å². The molecule has 1 fully saturated rings. The standard InChI is InChI=1S/C17H29N3/c1-5-17(18-6-2)15-7-9-16(10-8-15)20-12-11-19(4)13-14(20)3/h7-10,14,17-18H,5-6,11-13H2,1-4H3. The van der Waals surface area contributed by atoms with E-state index in [1.165, 1.54) is 11.3 Å². The molecule has 0 bridgehead atoms. The third kappa shape index (κ3) is 3.53. The molecule has 1 aromatic rings. The largest absolute Gasteiger partial charge is 0.366 e. The van der Waals surface area contributed by atoms with E-state index in [1.807, 2.05) is 0 Å². The topological polar surface area (TPSA) is 18.5 Å². The lowest BCUT2D eigenvalue weighted by Crippen LogP contribution is -2.50. The summed E-state index contributed by atoms with van der Waals surface area (Å²) < 4.78 is 0. The maximum atomic E-state index is 3.54. The van der Waals surface area contributed by atoms with Crippen LogP contribution in [-0.2, 0) is 0 Å². The average Bonchev–Trinajstić information content (AvgIpc) is 2.45. The minimum absolute atomic E-state index is 0.485. The van der Waals surface area contributed by atoms with E-state index in [9.17, 15) is 0 Å². The normalized spacial score (nSPS) is 22.0. The highest BCUT2D eigenvalue weighted by Crippen LogP contribution is 2.24. The van der Waals surface area contributed by atoms with Gasteiger partial charge in [0, 0.05) is 37.4 Å². The maximum Gasteiger partial charge on any atom is 0.0389 e. The van der Waals surface area contributed by atoms with Crippen LogP contribution in [0.4, 0.5) is 5.69 Å². The Kier molecular flexibility index (Phi) is 5.44. The second-order valence-electron chi connectivity index (χ2n) is 5.91. The molecule has 3 heteroatoms. The van der Waals surface area contributed by atoms with Crippen LogP contribution in [-0.4, -0.2) is 44.2 Å². The molecular formula is C17H29N3. The van der Waals surface area contributed by atoms with Gasteiger partial charge in [0.2, 0.25) is 0 Å². The van der Waals surface area contributed by atoms with E-state index in [2.05, 4.69) is 67.2 Å². The Morgan fingerprint density at radius 3 is 2.45 bits per heavy atom. The molecule has 1 aromatic carbocycles. The zero-order valence-electron chi connectivity index (χ0n) is 13.4. The molecular weight excluding hydrogens is 246 g/mol. The van der Waals surface area contributed by atoms with Gasteiger partial charge in [0.05, 0.1) is 0 Å². The molecule has 20 heavy (non-hydrogen) atoms. The van der Waals surface area contributed by atoms with Crippen LogP contribution in [0.1, 0.15) is 38.8 Å². The SMILES string of the molecule is CCNC(CC)c1ccc(N2CCN(C)CC2C)cc1. The fraction of sp³-hybridized carbons (Fsp3) is 0.647. The molecule has 0 saturated carbocycles. The minimum atomic E-state index is 0.485. The molecule has 1 aliphatic heterocycles. The molecule has 0 aliphatic carbocycles. The highest BCUT2D eigenvalue weighted by Gasteiger charge is 2.21. The Morgan fingerprint density at radius 2 is 1.90 bits per heavy atom. The highest BCUT2D eigenvalue weighted by molar-refractivity contribution is 5.49. The molecule has 2 unspecified atom stereocenters. The second-order valence-corrected chi connectivity index (χ2v) is 5.91. The summed E-state index contributed by atoms with van der Waals surface area (Å²) >= 11 is 0. The van der Waals surface area contributed by atoms with Crippen LogP contribution < -0.4 is 10.2 Å². The van der Waals surface area contributed by atoms with E-state index in [1.54, 1.807) is 0 Å².